The number of aryl methyl sites for hydroxylation is 1. The molecule has 1 aromatic carbocycles. The minimum atomic E-state index is -0.871. The minimum absolute atomic E-state index is 0.0554. The number of carbonyl (C=O) groups is 3. The maximum atomic E-state index is 13.5. The molecule has 0 bridgehead atoms. The minimum Gasteiger partial charge on any atom is -0.507 e. The van der Waals surface area contributed by atoms with E-state index in [9.17, 15) is 19.5 Å². The van der Waals surface area contributed by atoms with Crippen molar-refractivity contribution in [3.8, 4) is 11.5 Å². The van der Waals surface area contributed by atoms with Crippen molar-refractivity contribution in [3.05, 3.63) is 51.9 Å². The molecule has 2 saturated heterocycles. The second-order valence-corrected chi connectivity index (χ2v) is 9.53. The van der Waals surface area contributed by atoms with Crippen LogP contribution >= 0.6 is 0 Å². The molecule has 2 aromatic rings. The number of esters is 1. The summed E-state index contributed by atoms with van der Waals surface area (Å²) in [5, 5.41) is 11.6. The van der Waals surface area contributed by atoms with Crippen LogP contribution in [0.4, 0.5) is 0 Å². The second-order valence-electron chi connectivity index (χ2n) is 9.53. The van der Waals surface area contributed by atoms with E-state index in [0.29, 0.717) is 54.5 Å². The number of methoxy groups -OCH3 is 3. The molecule has 0 spiro atoms. The first-order valence-corrected chi connectivity index (χ1v) is 12.8. The van der Waals surface area contributed by atoms with Crippen LogP contribution in [0.25, 0.3) is 5.76 Å². The average Bonchev–Trinajstić information content (AvgIpc) is 3.39. The molecular weight excluding hydrogens is 506 g/mol. The van der Waals surface area contributed by atoms with E-state index < -0.39 is 23.7 Å². The molecule has 0 unspecified atom stereocenters. The molecule has 210 valence electrons. The van der Waals surface area contributed by atoms with Crippen molar-refractivity contribution in [2.75, 3.05) is 60.7 Å². The Morgan fingerprint density at radius 1 is 1.08 bits per heavy atom. The van der Waals surface area contributed by atoms with Crippen LogP contribution in [-0.4, -0.2) is 98.3 Å². The Bertz CT molecular complexity index is 1290. The predicted octanol–water partition coefficient (Wildman–Crippen LogP) is 2.58. The zero-order chi connectivity index (χ0) is 28.3. The SMILES string of the molecule is COC(=O)c1[nH]c(C)c(/C(O)=C2\C(=O)C(=O)N(CCCN3CCOCC3)[C@H]2c2ccc(OC)c(OC)c2)c1C. The molecular formula is C28H35N3O8. The van der Waals surface area contributed by atoms with E-state index in [1.807, 2.05) is 0 Å². The van der Waals surface area contributed by atoms with Gasteiger partial charge in [-0.25, -0.2) is 4.79 Å². The van der Waals surface area contributed by atoms with Crippen molar-refractivity contribution < 1.29 is 38.4 Å². The molecule has 39 heavy (non-hydrogen) atoms. The van der Waals surface area contributed by atoms with Crippen LogP contribution in [0.3, 0.4) is 0 Å². The number of amides is 1. The highest BCUT2D eigenvalue weighted by molar-refractivity contribution is 6.46. The van der Waals surface area contributed by atoms with Gasteiger partial charge in [0, 0.05) is 37.4 Å². The smallest absolute Gasteiger partial charge is 0.354 e. The lowest BCUT2D eigenvalue weighted by molar-refractivity contribution is -0.140. The zero-order valence-electron chi connectivity index (χ0n) is 23.0. The number of ether oxygens (including phenoxy) is 4. The molecule has 0 saturated carbocycles. The lowest BCUT2D eigenvalue weighted by Crippen LogP contribution is -2.39. The summed E-state index contributed by atoms with van der Waals surface area (Å²) in [6.07, 6.45) is 0.631. The number of aromatic nitrogens is 1. The average molecular weight is 542 g/mol. The van der Waals surface area contributed by atoms with Crippen molar-refractivity contribution >= 4 is 23.4 Å². The lowest BCUT2D eigenvalue weighted by atomic mass is 9.93. The molecule has 1 atom stereocenters. The van der Waals surface area contributed by atoms with E-state index in [4.69, 9.17) is 18.9 Å². The highest BCUT2D eigenvalue weighted by Crippen LogP contribution is 2.43. The third kappa shape index (κ3) is 5.37. The van der Waals surface area contributed by atoms with Gasteiger partial charge in [-0.05, 0) is 43.5 Å². The zero-order valence-corrected chi connectivity index (χ0v) is 23.0. The van der Waals surface area contributed by atoms with Crippen LogP contribution in [0.1, 0.15) is 45.3 Å². The number of aliphatic hydroxyl groups excluding tert-OH is 1. The van der Waals surface area contributed by atoms with Crippen LogP contribution in [0.2, 0.25) is 0 Å². The van der Waals surface area contributed by atoms with E-state index in [1.54, 1.807) is 32.0 Å². The van der Waals surface area contributed by atoms with Crippen LogP contribution < -0.4 is 9.47 Å². The fraction of sp³-hybridized carbons (Fsp3) is 0.464. The highest BCUT2D eigenvalue weighted by atomic mass is 16.5. The summed E-state index contributed by atoms with van der Waals surface area (Å²) in [5.41, 5.74) is 1.86. The van der Waals surface area contributed by atoms with Crippen molar-refractivity contribution in [2.24, 2.45) is 0 Å². The number of aromatic amines is 1. The highest BCUT2D eigenvalue weighted by Gasteiger charge is 2.46. The lowest BCUT2D eigenvalue weighted by Gasteiger charge is -2.29. The van der Waals surface area contributed by atoms with Crippen LogP contribution in [-0.2, 0) is 19.1 Å². The van der Waals surface area contributed by atoms with Gasteiger partial charge in [-0.1, -0.05) is 6.07 Å². The van der Waals surface area contributed by atoms with Crippen LogP contribution in [0, 0.1) is 13.8 Å². The predicted molar refractivity (Wildman–Crippen MR) is 142 cm³/mol. The maximum absolute atomic E-state index is 13.5. The number of hydrogen-bond donors (Lipinski definition) is 2. The molecule has 1 aromatic heterocycles. The molecule has 3 heterocycles. The third-order valence-corrected chi connectivity index (χ3v) is 7.30. The fourth-order valence-corrected chi connectivity index (χ4v) is 5.32. The van der Waals surface area contributed by atoms with Gasteiger partial charge < -0.3 is 33.9 Å². The van der Waals surface area contributed by atoms with Gasteiger partial charge in [0.15, 0.2) is 11.5 Å². The summed E-state index contributed by atoms with van der Waals surface area (Å²) < 4.78 is 21.1. The molecule has 2 N–H and O–H groups in total. The quantitative estimate of drug-likeness (QED) is 0.213. The molecule has 2 fully saturated rings. The molecule has 2 aliphatic rings. The number of carbonyl (C=O) groups excluding carboxylic acids is 3. The maximum Gasteiger partial charge on any atom is 0.354 e. The van der Waals surface area contributed by atoms with Gasteiger partial charge >= 0.3 is 5.97 Å². The van der Waals surface area contributed by atoms with Gasteiger partial charge in [-0.15, -0.1) is 0 Å². The van der Waals surface area contributed by atoms with Crippen molar-refractivity contribution in [1.29, 1.82) is 0 Å². The monoisotopic (exact) mass is 541 g/mol. The topological polar surface area (TPSA) is 131 Å². The summed E-state index contributed by atoms with van der Waals surface area (Å²) in [6, 6.07) is 4.28. The Kier molecular flexibility index (Phi) is 8.61. The number of nitrogens with one attached hydrogen (secondary N) is 1. The van der Waals surface area contributed by atoms with Crippen molar-refractivity contribution in [3.63, 3.8) is 0 Å². The molecule has 2 aliphatic heterocycles. The Morgan fingerprint density at radius 3 is 2.41 bits per heavy atom. The van der Waals surface area contributed by atoms with E-state index in [1.165, 1.54) is 26.2 Å². The molecule has 1 amide bonds. The number of nitrogens with zero attached hydrogens (tertiary/aromatic N) is 2. The summed E-state index contributed by atoms with van der Waals surface area (Å²) >= 11 is 0. The van der Waals surface area contributed by atoms with E-state index in [0.717, 1.165) is 19.6 Å². The number of benzene rings is 1. The first-order valence-electron chi connectivity index (χ1n) is 12.8. The number of ketones is 1. The molecule has 11 nitrogen and oxygen atoms in total. The van der Waals surface area contributed by atoms with Crippen molar-refractivity contribution in [2.45, 2.75) is 26.3 Å². The van der Waals surface area contributed by atoms with Crippen LogP contribution in [0.5, 0.6) is 11.5 Å². The standard InChI is InChI=1S/C28H35N3O8/c1-16-21(17(2)29-23(16)28(35)38-5)25(32)22-24(18-7-8-19(36-3)20(15-18)37-4)31(27(34)26(22)33)10-6-9-30-11-13-39-14-12-30/h7-8,15,24,29,32H,6,9-14H2,1-5H3/b25-22+/t24-/m0/s1. The Labute approximate surface area is 227 Å². The van der Waals surface area contributed by atoms with E-state index >= 15 is 0 Å². The number of H-pyrrole nitrogens is 1. The Morgan fingerprint density at radius 2 is 1.77 bits per heavy atom. The summed E-state index contributed by atoms with van der Waals surface area (Å²) in [6.45, 7) is 7.32. The molecule has 4 rings (SSSR count). The summed E-state index contributed by atoms with van der Waals surface area (Å²) in [5.74, 6) is -1.53. The van der Waals surface area contributed by atoms with Gasteiger partial charge in [0.2, 0.25) is 0 Å². The third-order valence-electron chi connectivity index (χ3n) is 7.30. The molecule has 0 radical (unpaired) electrons. The van der Waals surface area contributed by atoms with Gasteiger partial charge in [-0.2, -0.15) is 0 Å². The number of morpholine rings is 1. The summed E-state index contributed by atoms with van der Waals surface area (Å²) in [7, 11) is 4.28. The Hall–Kier alpha value is -3.83. The first kappa shape index (κ1) is 28.2. The number of Topliss-reactive ketones (excluding diaryl/α,β-unsaturated/α-hetero) is 1. The van der Waals surface area contributed by atoms with E-state index in [2.05, 4.69) is 9.88 Å². The largest absolute Gasteiger partial charge is 0.507 e. The first-order chi connectivity index (χ1) is 18.7. The number of hydrogen-bond acceptors (Lipinski definition) is 9. The summed E-state index contributed by atoms with van der Waals surface area (Å²) in [4.78, 5) is 45.8. The van der Waals surface area contributed by atoms with Gasteiger partial charge in [-0.3, -0.25) is 14.5 Å². The fourth-order valence-electron chi connectivity index (χ4n) is 5.32. The normalized spacial score (nSPS) is 19.4. The number of likely N-dealkylation sites (tertiary alicyclic amines) is 1. The molecule has 11 heteroatoms. The number of aliphatic hydroxyl groups is 1. The van der Waals surface area contributed by atoms with Crippen LogP contribution in [0.15, 0.2) is 23.8 Å². The number of rotatable bonds is 9. The Balaban J connectivity index is 1.79. The second kappa shape index (κ2) is 11.9. The van der Waals surface area contributed by atoms with E-state index in [-0.39, 0.29) is 22.6 Å². The van der Waals surface area contributed by atoms with Gasteiger partial charge in [0.05, 0.1) is 46.2 Å². The van der Waals surface area contributed by atoms with Gasteiger partial charge in [0.1, 0.15) is 11.5 Å². The van der Waals surface area contributed by atoms with Crippen molar-refractivity contribution in [1.82, 2.24) is 14.8 Å². The molecule has 0 aliphatic carbocycles. The van der Waals surface area contributed by atoms with Gasteiger partial charge in [0.25, 0.3) is 11.7 Å².